The zero-order chi connectivity index (χ0) is 15.7. The fourth-order valence-electron chi connectivity index (χ4n) is 1.44. The number of halogens is 6. The van der Waals surface area contributed by atoms with Crippen molar-refractivity contribution in [2.75, 3.05) is 5.32 Å². The van der Waals surface area contributed by atoms with Crippen LogP contribution in [0.1, 0.15) is 10.4 Å². The lowest BCUT2D eigenvalue weighted by Crippen LogP contribution is -2.17. The number of carbonyl (C=O) groups is 1. The highest BCUT2D eigenvalue weighted by Crippen LogP contribution is 2.27. The van der Waals surface area contributed by atoms with Crippen LogP contribution in [-0.2, 0) is 0 Å². The van der Waals surface area contributed by atoms with Gasteiger partial charge in [0.1, 0.15) is 5.69 Å². The molecule has 0 radical (unpaired) electrons. The number of benzene rings is 1. The van der Waals surface area contributed by atoms with E-state index in [1.54, 1.807) is 5.32 Å². The first-order valence-corrected chi connectivity index (χ1v) is 6.05. The Balaban J connectivity index is 2.43. The van der Waals surface area contributed by atoms with E-state index >= 15 is 0 Å². The molecule has 1 amide bonds. The van der Waals surface area contributed by atoms with Crippen LogP contribution in [0, 0.1) is 29.1 Å². The van der Waals surface area contributed by atoms with Crippen molar-refractivity contribution in [1.29, 1.82) is 0 Å². The van der Waals surface area contributed by atoms with Crippen molar-refractivity contribution in [3.05, 3.63) is 57.6 Å². The lowest BCUT2D eigenvalue weighted by Gasteiger charge is -2.09. The predicted molar refractivity (Wildman–Crippen MR) is 66.1 cm³/mol. The number of anilines is 1. The van der Waals surface area contributed by atoms with E-state index in [4.69, 9.17) is 0 Å². The van der Waals surface area contributed by atoms with Crippen molar-refractivity contribution in [3.63, 3.8) is 0 Å². The third kappa shape index (κ3) is 2.87. The first kappa shape index (κ1) is 15.4. The smallest absolute Gasteiger partial charge is 0.257 e. The molecule has 110 valence electrons. The van der Waals surface area contributed by atoms with Crippen LogP contribution in [0.25, 0.3) is 0 Å². The molecule has 9 heteroatoms. The summed E-state index contributed by atoms with van der Waals surface area (Å²) < 4.78 is 66.0. The lowest BCUT2D eigenvalue weighted by atomic mass is 10.2. The number of carbonyl (C=O) groups excluding carboxylic acids is 1. The summed E-state index contributed by atoms with van der Waals surface area (Å²) >= 11 is 3.02. The van der Waals surface area contributed by atoms with Crippen LogP contribution in [0.2, 0.25) is 0 Å². The van der Waals surface area contributed by atoms with Crippen molar-refractivity contribution >= 4 is 27.5 Å². The van der Waals surface area contributed by atoms with Crippen LogP contribution in [0.4, 0.5) is 27.6 Å². The van der Waals surface area contributed by atoms with E-state index in [1.807, 2.05) is 0 Å². The molecule has 0 saturated carbocycles. The van der Waals surface area contributed by atoms with Gasteiger partial charge in [-0.05, 0) is 22.0 Å². The van der Waals surface area contributed by atoms with E-state index in [0.29, 0.717) is 4.47 Å². The predicted octanol–water partition coefficient (Wildman–Crippen LogP) is 3.79. The molecule has 21 heavy (non-hydrogen) atoms. The Kier molecular flexibility index (Phi) is 4.21. The molecule has 2 aromatic rings. The lowest BCUT2D eigenvalue weighted by molar-refractivity contribution is 0.102. The Morgan fingerprint density at radius 1 is 0.952 bits per heavy atom. The molecule has 0 aliphatic rings. The van der Waals surface area contributed by atoms with Gasteiger partial charge >= 0.3 is 0 Å². The van der Waals surface area contributed by atoms with E-state index in [2.05, 4.69) is 20.9 Å². The highest BCUT2D eigenvalue weighted by Gasteiger charge is 2.27. The second kappa shape index (κ2) is 5.76. The highest BCUT2D eigenvalue weighted by molar-refractivity contribution is 9.10. The molecule has 1 aromatic carbocycles. The third-order valence-corrected chi connectivity index (χ3v) is 2.85. The quantitative estimate of drug-likeness (QED) is 0.499. The molecular weight excluding hydrogens is 363 g/mol. The number of aromatic nitrogens is 1. The molecule has 0 unspecified atom stereocenters. The normalized spacial score (nSPS) is 10.6. The van der Waals surface area contributed by atoms with Crippen LogP contribution in [-0.4, -0.2) is 10.9 Å². The molecule has 0 aliphatic heterocycles. The number of hydrogen-bond donors (Lipinski definition) is 1. The monoisotopic (exact) mass is 366 g/mol. The SMILES string of the molecule is O=C(Nc1c(F)c(F)c(F)c(F)c1F)c1cncc(Br)c1. The molecule has 0 aliphatic carbocycles. The van der Waals surface area contributed by atoms with Crippen molar-refractivity contribution in [3.8, 4) is 0 Å². The summed E-state index contributed by atoms with van der Waals surface area (Å²) in [4.78, 5) is 15.4. The van der Waals surface area contributed by atoms with Crippen LogP contribution in [0.15, 0.2) is 22.9 Å². The van der Waals surface area contributed by atoms with Crippen molar-refractivity contribution in [2.24, 2.45) is 0 Å². The summed E-state index contributed by atoms with van der Waals surface area (Å²) in [6.07, 6.45) is 2.40. The van der Waals surface area contributed by atoms with E-state index in [0.717, 1.165) is 6.20 Å². The van der Waals surface area contributed by atoms with Gasteiger partial charge in [-0.3, -0.25) is 9.78 Å². The fraction of sp³-hybridized carbons (Fsp3) is 0. The van der Waals surface area contributed by atoms with Gasteiger partial charge in [0.15, 0.2) is 23.3 Å². The number of nitrogens with one attached hydrogen (secondary N) is 1. The van der Waals surface area contributed by atoms with Crippen LogP contribution in [0.3, 0.4) is 0 Å². The Bertz CT molecular complexity index is 709. The number of rotatable bonds is 2. The zero-order valence-electron chi connectivity index (χ0n) is 9.86. The second-order valence-electron chi connectivity index (χ2n) is 3.79. The van der Waals surface area contributed by atoms with Gasteiger partial charge < -0.3 is 5.32 Å². The molecule has 0 bridgehead atoms. The van der Waals surface area contributed by atoms with Gasteiger partial charge in [0, 0.05) is 16.9 Å². The minimum absolute atomic E-state index is 0.131. The fourth-order valence-corrected chi connectivity index (χ4v) is 1.80. The summed E-state index contributed by atoms with van der Waals surface area (Å²) in [6, 6.07) is 1.26. The van der Waals surface area contributed by atoms with Gasteiger partial charge in [-0.15, -0.1) is 0 Å². The van der Waals surface area contributed by atoms with E-state index < -0.39 is 40.7 Å². The average molecular weight is 367 g/mol. The first-order valence-electron chi connectivity index (χ1n) is 5.26. The molecule has 0 atom stereocenters. The van der Waals surface area contributed by atoms with E-state index in [9.17, 15) is 26.7 Å². The summed E-state index contributed by atoms with van der Waals surface area (Å²) in [5.74, 6) is -11.9. The Morgan fingerprint density at radius 2 is 1.48 bits per heavy atom. The van der Waals surface area contributed by atoms with Crippen molar-refractivity contribution in [1.82, 2.24) is 4.98 Å². The number of amides is 1. The minimum Gasteiger partial charge on any atom is -0.317 e. The maximum absolute atomic E-state index is 13.4. The minimum atomic E-state index is -2.30. The topological polar surface area (TPSA) is 42.0 Å². The van der Waals surface area contributed by atoms with Gasteiger partial charge in [-0.25, -0.2) is 22.0 Å². The van der Waals surface area contributed by atoms with Gasteiger partial charge in [-0.1, -0.05) is 0 Å². The highest BCUT2D eigenvalue weighted by atomic mass is 79.9. The summed E-state index contributed by atoms with van der Waals surface area (Å²) in [5, 5.41) is 1.63. The Morgan fingerprint density at radius 3 is 2.00 bits per heavy atom. The molecule has 1 N–H and O–H groups in total. The summed E-state index contributed by atoms with van der Waals surface area (Å²) in [7, 11) is 0. The zero-order valence-corrected chi connectivity index (χ0v) is 11.4. The van der Waals surface area contributed by atoms with Gasteiger partial charge in [0.25, 0.3) is 5.91 Å². The van der Waals surface area contributed by atoms with Crippen molar-refractivity contribution < 1.29 is 26.7 Å². The molecule has 1 aromatic heterocycles. The number of pyridine rings is 1. The molecule has 0 saturated heterocycles. The Hall–Kier alpha value is -2.03. The molecule has 0 spiro atoms. The van der Waals surface area contributed by atoms with Gasteiger partial charge in [0.2, 0.25) is 5.82 Å². The van der Waals surface area contributed by atoms with Gasteiger partial charge in [-0.2, -0.15) is 0 Å². The van der Waals surface area contributed by atoms with Crippen molar-refractivity contribution in [2.45, 2.75) is 0 Å². The van der Waals surface area contributed by atoms with Crippen LogP contribution in [0.5, 0.6) is 0 Å². The van der Waals surface area contributed by atoms with E-state index in [-0.39, 0.29) is 5.56 Å². The first-order chi connectivity index (χ1) is 9.82. The van der Waals surface area contributed by atoms with E-state index in [1.165, 1.54) is 12.3 Å². The van der Waals surface area contributed by atoms with Gasteiger partial charge in [0.05, 0.1) is 5.56 Å². The number of hydrogen-bond acceptors (Lipinski definition) is 2. The third-order valence-electron chi connectivity index (χ3n) is 2.42. The average Bonchev–Trinajstić information content (AvgIpc) is 2.47. The summed E-state index contributed by atoms with van der Waals surface area (Å²) in [5.41, 5.74) is -1.55. The second-order valence-corrected chi connectivity index (χ2v) is 4.71. The molecule has 3 nitrogen and oxygen atoms in total. The maximum Gasteiger partial charge on any atom is 0.257 e. The molecule has 2 rings (SSSR count). The van der Waals surface area contributed by atoms with Crippen LogP contribution >= 0.6 is 15.9 Å². The molecule has 0 fully saturated rings. The largest absolute Gasteiger partial charge is 0.317 e. The standard InChI is InChI=1S/C12H4BrF5N2O/c13-5-1-4(2-19-3-5)12(21)20-11-9(17)7(15)6(14)8(16)10(11)18/h1-3H,(H,20,21). The Labute approximate surface area is 122 Å². The maximum atomic E-state index is 13.4. The molecule has 1 heterocycles. The molecular formula is C12H4BrF5N2O. The van der Waals surface area contributed by atoms with Crippen LogP contribution < -0.4 is 5.32 Å². The number of nitrogens with zero attached hydrogens (tertiary/aromatic N) is 1. The summed E-state index contributed by atoms with van der Waals surface area (Å²) in [6.45, 7) is 0.